The molecule has 1 aliphatic rings. The van der Waals surface area contributed by atoms with Gasteiger partial charge in [-0.1, -0.05) is 0 Å². The van der Waals surface area contributed by atoms with Crippen molar-refractivity contribution in [1.29, 1.82) is 0 Å². The Morgan fingerprint density at radius 1 is 1.33 bits per heavy atom. The second-order valence-electron chi connectivity index (χ2n) is 3.84. The molecule has 8 heteroatoms. The largest absolute Gasteiger partial charge is 0.411 e. The van der Waals surface area contributed by atoms with Gasteiger partial charge in [-0.05, 0) is 0 Å². The van der Waals surface area contributed by atoms with E-state index in [0.717, 1.165) is 0 Å². The molecule has 0 aromatic carbocycles. The number of morpholine rings is 1. The van der Waals surface area contributed by atoms with E-state index in [9.17, 15) is 18.0 Å². The Hall–Kier alpha value is -0.860. The van der Waals surface area contributed by atoms with Crippen LogP contribution in [0.5, 0.6) is 0 Å². The predicted molar refractivity (Wildman–Crippen MR) is 57.1 cm³/mol. The zero-order valence-electron chi connectivity index (χ0n) is 9.96. The van der Waals surface area contributed by atoms with Crippen LogP contribution in [0.4, 0.5) is 13.2 Å². The molecule has 0 atom stereocenters. The van der Waals surface area contributed by atoms with Gasteiger partial charge >= 0.3 is 6.18 Å². The van der Waals surface area contributed by atoms with Crippen LogP contribution in [0.3, 0.4) is 0 Å². The molecule has 0 aliphatic carbocycles. The molecular weight excluding hydrogens is 253 g/mol. The standard InChI is InChI=1S/C10H17F3N2O3/c11-10(12,13)8-18-4-1-14-7-9(16)15-2-5-17-6-3-15/h14H,1-8H2. The first-order valence-corrected chi connectivity index (χ1v) is 5.70. The molecular formula is C10H17F3N2O3. The van der Waals surface area contributed by atoms with E-state index in [-0.39, 0.29) is 25.6 Å². The van der Waals surface area contributed by atoms with E-state index in [1.54, 1.807) is 4.90 Å². The molecule has 5 nitrogen and oxygen atoms in total. The lowest BCUT2D eigenvalue weighted by atomic mass is 10.4. The molecule has 0 bridgehead atoms. The first kappa shape index (κ1) is 15.2. The monoisotopic (exact) mass is 270 g/mol. The predicted octanol–water partition coefficient (Wildman–Crippen LogP) is 0.0137. The highest BCUT2D eigenvalue weighted by Gasteiger charge is 2.27. The zero-order chi connectivity index (χ0) is 13.4. The van der Waals surface area contributed by atoms with Gasteiger partial charge in [-0.25, -0.2) is 0 Å². The van der Waals surface area contributed by atoms with E-state index in [0.29, 0.717) is 26.3 Å². The SMILES string of the molecule is O=C(CNCCOCC(F)(F)F)N1CCOCC1. The lowest BCUT2D eigenvalue weighted by Crippen LogP contribution is -2.45. The third kappa shape index (κ3) is 6.77. The van der Waals surface area contributed by atoms with Crippen molar-refractivity contribution >= 4 is 5.91 Å². The van der Waals surface area contributed by atoms with Crippen LogP contribution in [-0.2, 0) is 14.3 Å². The average molecular weight is 270 g/mol. The van der Waals surface area contributed by atoms with E-state index in [2.05, 4.69) is 10.1 Å². The van der Waals surface area contributed by atoms with Gasteiger partial charge in [0.05, 0.1) is 26.4 Å². The number of ether oxygens (including phenoxy) is 2. The Labute approximate surface area is 103 Å². The van der Waals surface area contributed by atoms with Crippen LogP contribution in [0.2, 0.25) is 0 Å². The van der Waals surface area contributed by atoms with Gasteiger partial charge in [0.25, 0.3) is 0 Å². The smallest absolute Gasteiger partial charge is 0.378 e. The molecule has 1 rings (SSSR count). The first-order chi connectivity index (χ1) is 8.49. The summed E-state index contributed by atoms with van der Waals surface area (Å²) in [6, 6.07) is 0. The topological polar surface area (TPSA) is 50.8 Å². The van der Waals surface area contributed by atoms with Crippen molar-refractivity contribution < 1.29 is 27.4 Å². The van der Waals surface area contributed by atoms with E-state index < -0.39 is 12.8 Å². The van der Waals surface area contributed by atoms with Crippen molar-refractivity contribution in [2.45, 2.75) is 6.18 Å². The Morgan fingerprint density at radius 2 is 2.00 bits per heavy atom. The van der Waals surface area contributed by atoms with Gasteiger partial charge in [0.1, 0.15) is 6.61 Å². The zero-order valence-corrected chi connectivity index (χ0v) is 9.96. The van der Waals surface area contributed by atoms with Crippen molar-refractivity contribution in [3.8, 4) is 0 Å². The molecule has 1 N–H and O–H groups in total. The molecule has 0 saturated carbocycles. The van der Waals surface area contributed by atoms with Gasteiger partial charge in [-0.2, -0.15) is 13.2 Å². The Morgan fingerprint density at radius 3 is 2.61 bits per heavy atom. The molecule has 1 fully saturated rings. The molecule has 0 unspecified atom stereocenters. The third-order valence-corrected chi connectivity index (χ3v) is 2.33. The fourth-order valence-electron chi connectivity index (χ4n) is 1.45. The maximum Gasteiger partial charge on any atom is 0.411 e. The summed E-state index contributed by atoms with van der Waals surface area (Å²) < 4.78 is 44.6. The second-order valence-corrected chi connectivity index (χ2v) is 3.84. The average Bonchev–Trinajstić information content (AvgIpc) is 2.33. The number of nitrogens with one attached hydrogen (secondary N) is 1. The van der Waals surface area contributed by atoms with Crippen LogP contribution in [0.15, 0.2) is 0 Å². The minimum Gasteiger partial charge on any atom is -0.378 e. The van der Waals surface area contributed by atoms with E-state index in [1.165, 1.54) is 0 Å². The maximum atomic E-state index is 11.7. The number of carbonyl (C=O) groups excluding carboxylic acids is 1. The third-order valence-electron chi connectivity index (χ3n) is 2.33. The van der Waals surface area contributed by atoms with Crippen molar-refractivity contribution in [3.05, 3.63) is 0 Å². The summed E-state index contributed by atoms with van der Waals surface area (Å²) in [5.74, 6) is -0.0749. The highest BCUT2D eigenvalue weighted by Crippen LogP contribution is 2.13. The summed E-state index contributed by atoms with van der Waals surface area (Å²) in [7, 11) is 0. The Balaban J connectivity index is 1.98. The quantitative estimate of drug-likeness (QED) is 0.691. The van der Waals surface area contributed by atoms with Crippen molar-refractivity contribution in [3.63, 3.8) is 0 Å². The molecule has 1 heterocycles. The number of halogens is 3. The second kappa shape index (κ2) is 7.55. The number of nitrogens with zero attached hydrogens (tertiary/aromatic N) is 1. The molecule has 0 aromatic heterocycles. The summed E-state index contributed by atoms with van der Waals surface area (Å²) in [4.78, 5) is 13.2. The highest BCUT2D eigenvalue weighted by molar-refractivity contribution is 5.78. The maximum absolute atomic E-state index is 11.7. The van der Waals surface area contributed by atoms with Crippen LogP contribution in [0, 0.1) is 0 Å². The number of hydrogen-bond donors (Lipinski definition) is 1. The summed E-state index contributed by atoms with van der Waals surface area (Å²) in [6.45, 7) is 1.17. The summed E-state index contributed by atoms with van der Waals surface area (Å²) in [6.07, 6.45) is -4.30. The lowest BCUT2D eigenvalue weighted by Gasteiger charge is -2.26. The Bertz CT molecular complexity index is 255. The van der Waals surface area contributed by atoms with E-state index in [1.807, 2.05) is 0 Å². The number of alkyl halides is 3. The molecule has 18 heavy (non-hydrogen) atoms. The van der Waals surface area contributed by atoms with Gasteiger partial charge in [0, 0.05) is 19.6 Å². The number of carbonyl (C=O) groups is 1. The molecule has 1 aliphatic heterocycles. The molecule has 106 valence electrons. The minimum absolute atomic E-state index is 0.0735. The molecule has 1 amide bonds. The van der Waals surface area contributed by atoms with Gasteiger partial charge in [-0.15, -0.1) is 0 Å². The summed E-state index contributed by atoms with van der Waals surface area (Å²) >= 11 is 0. The van der Waals surface area contributed by atoms with Crippen molar-refractivity contribution in [2.24, 2.45) is 0 Å². The highest BCUT2D eigenvalue weighted by atomic mass is 19.4. The normalized spacial score (nSPS) is 16.9. The van der Waals surface area contributed by atoms with Crippen LogP contribution in [0.25, 0.3) is 0 Å². The number of hydrogen-bond acceptors (Lipinski definition) is 4. The summed E-state index contributed by atoms with van der Waals surface area (Å²) in [5, 5.41) is 2.74. The van der Waals surface area contributed by atoms with Crippen molar-refractivity contribution in [2.75, 3.05) is 52.6 Å². The molecule has 1 saturated heterocycles. The molecule has 0 radical (unpaired) electrons. The van der Waals surface area contributed by atoms with Gasteiger partial charge in [0.15, 0.2) is 0 Å². The first-order valence-electron chi connectivity index (χ1n) is 5.70. The number of rotatable bonds is 6. The van der Waals surface area contributed by atoms with Crippen molar-refractivity contribution in [1.82, 2.24) is 10.2 Å². The fraction of sp³-hybridized carbons (Fsp3) is 0.900. The molecule has 0 aromatic rings. The lowest BCUT2D eigenvalue weighted by molar-refractivity contribution is -0.173. The van der Waals surface area contributed by atoms with Crippen LogP contribution >= 0.6 is 0 Å². The van der Waals surface area contributed by atoms with Crippen LogP contribution in [0.1, 0.15) is 0 Å². The van der Waals surface area contributed by atoms with Gasteiger partial charge < -0.3 is 19.7 Å². The van der Waals surface area contributed by atoms with E-state index in [4.69, 9.17) is 4.74 Å². The fourth-order valence-corrected chi connectivity index (χ4v) is 1.45. The van der Waals surface area contributed by atoms with Gasteiger partial charge in [0.2, 0.25) is 5.91 Å². The van der Waals surface area contributed by atoms with Crippen LogP contribution < -0.4 is 5.32 Å². The van der Waals surface area contributed by atoms with E-state index >= 15 is 0 Å². The number of amides is 1. The summed E-state index contributed by atoms with van der Waals surface area (Å²) in [5.41, 5.74) is 0. The minimum atomic E-state index is -4.30. The van der Waals surface area contributed by atoms with Gasteiger partial charge in [-0.3, -0.25) is 4.79 Å². The molecule has 0 spiro atoms. The Kier molecular flexibility index (Phi) is 6.37. The van der Waals surface area contributed by atoms with Crippen LogP contribution in [-0.4, -0.2) is 69.6 Å².